The normalized spacial score (nSPS) is 21.2. The summed E-state index contributed by atoms with van der Waals surface area (Å²) in [6, 6.07) is 0. The minimum atomic E-state index is -0.542. The molecule has 1 aliphatic rings. The van der Waals surface area contributed by atoms with E-state index in [4.69, 9.17) is 4.74 Å². The highest BCUT2D eigenvalue weighted by Crippen LogP contribution is 2.39. The molecule has 0 unspecified atom stereocenters. The minimum Gasteiger partial charge on any atom is -0.428 e. The maximum absolute atomic E-state index is 11.6. The van der Waals surface area contributed by atoms with E-state index in [1.165, 1.54) is 18.1 Å². The summed E-state index contributed by atoms with van der Waals surface area (Å²) in [6.45, 7) is 8.50. The summed E-state index contributed by atoms with van der Waals surface area (Å²) in [5.41, 5.74) is -0.00819. The SMILES string of the molecule is CC(=O)OCOC(=O)C=C1CC(C)(C)N(O)C(C)(C)C1. The molecule has 0 radical (unpaired) electrons. The molecule has 0 aromatic rings. The molecule has 1 aliphatic heterocycles. The zero-order chi connectivity index (χ0) is 15.6. The van der Waals surface area contributed by atoms with Crippen molar-refractivity contribution < 1.29 is 24.3 Å². The predicted octanol–water partition coefficient (Wildman–Crippen LogP) is 2.02. The van der Waals surface area contributed by atoms with E-state index in [9.17, 15) is 14.8 Å². The molecule has 0 saturated carbocycles. The van der Waals surface area contributed by atoms with Gasteiger partial charge in [-0.2, -0.15) is 5.06 Å². The van der Waals surface area contributed by atoms with Gasteiger partial charge in [-0.1, -0.05) is 5.57 Å². The first-order chi connectivity index (χ1) is 9.04. The van der Waals surface area contributed by atoms with Crippen LogP contribution >= 0.6 is 0 Å². The molecule has 0 spiro atoms. The lowest BCUT2D eigenvalue weighted by molar-refractivity contribution is -0.233. The van der Waals surface area contributed by atoms with E-state index in [1.54, 1.807) is 0 Å². The van der Waals surface area contributed by atoms with E-state index >= 15 is 0 Å². The Kier molecular flexibility index (Phi) is 4.94. The fourth-order valence-electron chi connectivity index (χ4n) is 2.62. The molecule has 0 amide bonds. The summed E-state index contributed by atoms with van der Waals surface area (Å²) < 4.78 is 9.33. The highest BCUT2D eigenvalue weighted by molar-refractivity contribution is 5.83. The van der Waals surface area contributed by atoms with Crippen LogP contribution in [0.4, 0.5) is 0 Å². The minimum absolute atomic E-state index is 0.378. The van der Waals surface area contributed by atoms with E-state index in [0.717, 1.165) is 5.57 Å². The molecule has 0 atom stereocenters. The van der Waals surface area contributed by atoms with E-state index in [-0.39, 0.29) is 6.79 Å². The van der Waals surface area contributed by atoms with Crippen LogP contribution in [-0.4, -0.2) is 40.1 Å². The molecule has 1 heterocycles. The first-order valence-corrected chi connectivity index (χ1v) is 6.53. The molecule has 0 aromatic heterocycles. The average Bonchev–Trinajstić information content (AvgIpc) is 2.24. The quantitative estimate of drug-likeness (QED) is 0.485. The van der Waals surface area contributed by atoms with Crippen molar-refractivity contribution in [2.75, 3.05) is 6.79 Å². The number of hydrogen-bond donors (Lipinski definition) is 1. The Hall–Kier alpha value is -1.40. The fourth-order valence-corrected chi connectivity index (χ4v) is 2.62. The number of hydroxylamine groups is 2. The van der Waals surface area contributed by atoms with Crippen molar-refractivity contribution >= 4 is 11.9 Å². The largest absolute Gasteiger partial charge is 0.428 e. The van der Waals surface area contributed by atoms with Gasteiger partial charge in [0.05, 0.1) is 0 Å². The number of carbonyl (C=O) groups excluding carboxylic acids is 2. The van der Waals surface area contributed by atoms with Crippen molar-refractivity contribution in [3.63, 3.8) is 0 Å². The molecule has 6 heteroatoms. The Bertz CT molecular complexity index is 405. The van der Waals surface area contributed by atoms with Gasteiger partial charge in [-0.25, -0.2) is 4.79 Å². The number of esters is 2. The van der Waals surface area contributed by atoms with Crippen LogP contribution in [0.15, 0.2) is 11.6 Å². The fraction of sp³-hybridized carbons (Fsp3) is 0.714. The maximum atomic E-state index is 11.6. The van der Waals surface area contributed by atoms with Gasteiger partial charge in [0.1, 0.15) is 0 Å². The zero-order valence-electron chi connectivity index (χ0n) is 12.7. The lowest BCUT2D eigenvalue weighted by Crippen LogP contribution is -2.57. The van der Waals surface area contributed by atoms with Gasteiger partial charge in [0.2, 0.25) is 6.79 Å². The van der Waals surface area contributed by atoms with Crippen molar-refractivity contribution in [2.24, 2.45) is 0 Å². The van der Waals surface area contributed by atoms with Gasteiger partial charge >= 0.3 is 11.9 Å². The third-order valence-corrected chi connectivity index (χ3v) is 3.25. The van der Waals surface area contributed by atoms with Crippen LogP contribution in [-0.2, 0) is 19.1 Å². The van der Waals surface area contributed by atoms with Crippen LogP contribution in [0.25, 0.3) is 0 Å². The molecule has 0 aromatic carbocycles. The number of piperidine rings is 1. The monoisotopic (exact) mass is 285 g/mol. The number of hydrogen-bond acceptors (Lipinski definition) is 6. The number of carbonyl (C=O) groups is 2. The van der Waals surface area contributed by atoms with E-state index < -0.39 is 23.0 Å². The summed E-state index contributed by atoms with van der Waals surface area (Å²) >= 11 is 0. The highest BCUT2D eigenvalue weighted by atomic mass is 16.7. The lowest BCUT2D eigenvalue weighted by Gasteiger charge is -2.49. The third kappa shape index (κ3) is 4.31. The van der Waals surface area contributed by atoms with Gasteiger partial charge in [0.25, 0.3) is 0 Å². The van der Waals surface area contributed by atoms with Crippen molar-refractivity contribution in [2.45, 2.75) is 58.5 Å². The van der Waals surface area contributed by atoms with Gasteiger partial charge in [0, 0.05) is 24.1 Å². The van der Waals surface area contributed by atoms with E-state index in [0.29, 0.717) is 12.8 Å². The van der Waals surface area contributed by atoms with Crippen LogP contribution < -0.4 is 0 Å². The molecule has 6 nitrogen and oxygen atoms in total. The summed E-state index contributed by atoms with van der Waals surface area (Å²) in [5, 5.41) is 11.5. The van der Waals surface area contributed by atoms with Gasteiger partial charge in [-0.15, -0.1) is 0 Å². The smallest absolute Gasteiger partial charge is 0.333 e. The second-order valence-electron chi connectivity index (χ2n) is 6.31. The Morgan fingerprint density at radius 2 is 1.70 bits per heavy atom. The molecule has 114 valence electrons. The molecule has 0 bridgehead atoms. The maximum Gasteiger partial charge on any atom is 0.333 e. The van der Waals surface area contributed by atoms with Crippen molar-refractivity contribution in [1.82, 2.24) is 5.06 Å². The zero-order valence-corrected chi connectivity index (χ0v) is 12.7. The van der Waals surface area contributed by atoms with Crippen LogP contribution in [0, 0.1) is 0 Å². The second-order valence-corrected chi connectivity index (χ2v) is 6.31. The summed E-state index contributed by atoms with van der Waals surface area (Å²) in [4.78, 5) is 22.2. The Morgan fingerprint density at radius 1 is 1.20 bits per heavy atom. The number of ether oxygens (including phenoxy) is 2. The average molecular weight is 285 g/mol. The number of nitrogens with zero attached hydrogens (tertiary/aromatic N) is 1. The Balaban J connectivity index is 2.69. The van der Waals surface area contributed by atoms with Gasteiger partial charge in [-0.3, -0.25) is 4.79 Å². The molecular formula is C14H23NO5. The molecule has 1 saturated heterocycles. The third-order valence-electron chi connectivity index (χ3n) is 3.25. The first kappa shape index (κ1) is 16.7. The van der Waals surface area contributed by atoms with Crippen LogP contribution in [0.5, 0.6) is 0 Å². The summed E-state index contributed by atoms with van der Waals surface area (Å²) in [6.07, 6.45) is 2.55. The topological polar surface area (TPSA) is 76.1 Å². The van der Waals surface area contributed by atoms with Crippen molar-refractivity contribution in [3.05, 3.63) is 11.6 Å². The molecule has 1 rings (SSSR count). The molecule has 1 fully saturated rings. The van der Waals surface area contributed by atoms with Crippen LogP contribution in [0.2, 0.25) is 0 Å². The molecule has 1 N–H and O–H groups in total. The predicted molar refractivity (Wildman–Crippen MR) is 71.8 cm³/mol. The highest BCUT2D eigenvalue weighted by Gasteiger charge is 2.42. The van der Waals surface area contributed by atoms with Crippen molar-refractivity contribution in [1.29, 1.82) is 0 Å². The van der Waals surface area contributed by atoms with E-state index in [1.807, 2.05) is 27.7 Å². The number of rotatable bonds is 3. The standard InChI is InChI=1S/C14H23NO5/c1-10(16)19-9-20-12(17)6-11-7-13(2,3)15(18)14(4,5)8-11/h6,18H,7-9H2,1-5H3. The first-order valence-electron chi connectivity index (χ1n) is 6.53. The van der Waals surface area contributed by atoms with Crippen LogP contribution in [0.1, 0.15) is 47.5 Å². The second kappa shape index (κ2) is 5.93. The van der Waals surface area contributed by atoms with E-state index in [2.05, 4.69) is 4.74 Å². The molecule has 0 aliphatic carbocycles. The van der Waals surface area contributed by atoms with Crippen molar-refractivity contribution in [3.8, 4) is 0 Å². The summed E-state index contributed by atoms with van der Waals surface area (Å²) in [5.74, 6) is -1.04. The van der Waals surface area contributed by atoms with Crippen LogP contribution in [0.3, 0.4) is 0 Å². The Morgan fingerprint density at radius 3 is 2.15 bits per heavy atom. The van der Waals surface area contributed by atoms with Gasteiger partial charge in [-0.05, 0) is 40.5 Å². The molecule has 20 heavy (non-hydrogen) atoms. The van der Waals surface area contributed by atoms with Gasteiger partial charge < -0.3 is 14.7 Å². The van der Waals surface area contributed by atoms with Gasteiger partial charge in [0.15, 0.2) is 0 Å². The lowest BCUT2D eigenvalue weighted by atomic mass is 9.79. The summed E-state index contributed by atoms with van der Waals surface area (Å²) in [7, 11) is 0. The Labute approximate surface area is 119 Å². The molecular weight excluding hydrogens is 262 g/mol.